The number of pyridine rings is 1. The molecule has 0 amide bonds. The molecule has 0 aliphatic rings. The van der Waals surface area contributed by atoms with E-state index in [0.29, 0.717) is 11.1 Å². The van der Waals surface area contributed by atoms with E-state index in [2.05, 4.69) is 10.1 Å². The van der Waals surface area contributed by atoms with E-state index < -0.39 is 21.9 Å². The summed E-state index contributed by atoms with van der Waals surface area (Å²) in [5.41, 5.74) is 0.314. The molecule has 2 heterocycles. The molecule has 0 bridgehead atoms. The molecule has 0 fully saturated rings. The average molecular weight is 458 g/mol. The number of sulfonamides is 1. The number of primary sulfonamides is 1. The van der Waals surface area contributed by atoms with Gasteiger partial charge in [0.15, 0.2) is 5.69 Å². The number of rotatable bonds is 5. The fraction of sp³-hybridized carbons (Fsp3) is 0.0909. The van der Waals surface area contributed by atoms with Gasteiger partial charge in [0.05, 0.1) is 11.4 Å². The Labute approximate surface area is 182 Å². The third-order valence-corrected chi connectivity index (χ3v) is 5.75. The fourth-order valence-corrected chi connectivity index (χ4v) is 3.93. The second-order valence-electron chi connectivity index (χ2n) is 7.02. The highest BCUT2D eigenvalue weighted by Gasteiger charge is 2.40. The van der Waals surface area contributed by atoms with Crippen molar-refractivity contribution in [1.29, 1.82) is 0 Å². The molecule has 4 aromatic rings. The maximum Gasteiger partial charge on any atom is 0.433 e. The summed E-state index contributed by atoms with van der Waals surface area (Å²) in [6, 6.07) is 16.9. The van der Waals surface area contributed by atoms with Gasteiger partial charge in [-0.3, -0.25) is 9.67 Å². The molecule has 4 rings (SSSR count). The minimum absolute atomic E-state index is 0.0698. The third kappa shape index (κ3) is 4.41. The molecule has 10 heteroatoms. The molecule has 0 aliphatic carbocycles. The molecule has 0 saturated carbocycles. The van der Waals surface area contributed by atoms with E-state index in [1.807, 2.05) is 0 Å². The van der Waals surface area contributed by atoms with Gasteiger partial charge in [0, 0.05) is 23.5 Å². The lowest BCUT2D eigenvalue weighted by Gasteiger charge is -2.13. The minimum atomic E-state index is -4.70. The van der Waals surface area contributed by atoms with E-state index in [0.717, 1.165) is 4.68 Å². The van der Waals surface area contributed by atoms with Crippen molar-refractivity contribution in [3.05, 3.63) is 90.4 Å². The second-order valence-corrected chi connectivity index (χ2v) is 8.58. The van der Waals surface area contributed by atoms with Crippen LogP contribution in [-0.4, -0.2) is 23.2 Å². The summed E-state index contributed by atoms with van der Waals surface area (Å²) >= 11 is 0. The molecule has 2 aromatic heterocycles. The van der Waals surface area contributed by atoms with Gasteiger partial charge in [-0.15, -0.1) is 0 Å². The molecule has 164 valence electrons. The summed E-state index contributed by atoms with van der Waals surface area (Å²) in [5, 5.41) is 9.44. The quantitative estimate of drug-likeness (QED) is 0.482. The van der Waals surface area contributed by atoms with Crippen LogP contribution in [0, 0.1) is 0 Å². The van der Waals surface area contributed by atoms with E-state index in [1.54, 1.807) is 30.3 Å². The van der Waals surface area contributed by atoms with Crippen LogP contribution in [0.25, 0.3) is 22.4 Å². The Bertz CT molecular complexity index is 1340. The lowest BCUT2D eigenvalue weighted by molar-refractivity contribution is -0.143. The third-order valence-electron chi connectivity index (χ3n) is 4.82. The first kappa shape index (κ1) is 21.7. The summed E-state index contributed by atoms with van der Waals surface area (Å²) in [6.45, 7) is -0.0942. The number of alkyl halides is 3. The summed E-state index contributed by atoms with van der Waals surface area (Å²) in [4.78, 5) is 3.74. The lowest BCUT2D eigenvalue weighted by Crippen LogP contribution is -2.16. The maximum atomic E-state index is 14.3. The van der Waals surface area contributed by atoms with Gasteiger partial charge in [0.2, 0.25) is 10.0 Å². The second kappa shape index (κ2) is 8.21. The van der Waals surface area contributed by atoms with Gasteiger partial charge < -0.3 is 0 Å². The van der Waals surface area contributed by atoms with E-state index in [-0.39, 0.29) is 28.3 Å². The van der Waals surface area contributed by atoms with Crippen LogP contribution in [0.4, 0.5) is 13.2 Å². The number of benzene rings is 2. The molecule has 0 radical (unpaired) electrons. The van der Waals surface area contributed by atoms with Gasteiger partial charge >= 0.3 is 6.18 Å². The lowest BCUT2D eigenvalue weighted by atomic mass is 9.99. The number of hydrogen-bond acceptors (Lipinski definition) is 4. The van der Waals surface area contributed by atoms with Crippen molar-refractivity contribution >= 4 is 10.0 Å². The molecule has 0 saturated heterocycles. The van der Waals surface area contributed by atoms with Crippen LogP contribution in [0.5, 0.6) is 0 Å². The van der Waals surface area contributed by atoms with Crippen LogP contribution in [0.3, 0.4) is 0 Å². The predicted molar refractivity (Wildman–Crippen MR) is 113 cm³/mol. The van der Waals surface area contributed by atoms with Gasteiger partial charge in [-0.05, 0) is 35.4 Å². The van der Waals surface area contributed by atoms with Crippen molar-refractivity contribution in [2.75, 3.05) is 0 Å². The Kier molecular flexibility index (Phi) is 5.57. The minimum Gasteiger partial charge on any atom is -0.265 e. The molecule has 0 aliphatic heterocycles. The van der Waals surface area contributed by atoms with Crippen LogP contribution in [0.15, 0.2) is 84.0 Å². The normalized spacial score (nSPS) is 12.1. The van der Waals surface area contributed by atoms with Gasteiger partial charge in [-0.1, -0.05) is 42.5 Å². The average Bonchev–Trinajstić information content (AvgIpc) is 3.14. The first-order valence-corrected chi connectivity index (χ1v) is 10.9. The number of aromatic nitrogens is 3. The zero-order valence-electron chi connectivity index (χ0n) is 16.5. The van der Waals surface area contributed by atoms with Crippen molar-refractivity contribution in [1.82, 2.24) is 14.8 Å². The van der Waals surface area contributed by atoms with Crippen LogP contribution < -0.4 is 5.14 Å². The van der Waals surface area contributed by atoms with Crippen molar-refractivity contribution in [3.8, 4) is 22.4 Å². The van der Waals surface area contributed by atoms with Crippen LogP contribution >= 0.6 is 0 Å². The van der Waals surface area contributed by atoms with Crippen molar-refractivity contribution in [2.45, 2.75) is 17.6 Å². The standard InChI is InChI=1S/C22H17F3N4O2S/c23-22(24,25)21-19(16-10-12-27-13-11-16)20(17-6-8-18(9-7-17)32(26,30)31)28-29(21)14-15-4-2-1-3-5-15/h1-13H,14H2,(H2,26,30,31). The zero-order chi connectivity index (χ0) is 22.9. The Morgan fingerprint density at radius 3 is 2.06 bits per heavy atom. The molecular formula is C22H17F3N4O2S. The molecule has 0 spiro atoms. The smallest absolute Gasteiger partial charge is 0.265 e. The van der Waals surface area contributed by atoms with Crippen LogP contribution in [0.1, 0.15) is 11.3 Å². The van der Waals surface area contributed by atoms with E-state index in [9.17, 15) is 21.6 Å². The monoisotopic (exact) mass is 458 g/mol. The highest BCUT2D eigenvalue weighted by molar-refractivity contribution is 7.89. The number of halogens is 3. The zero-order valence-corrected chi connectivity index (χ0v) is 17.3. The summed E-state index contributed by atoms with van der Waals surface area (Å²) < 4.78 is 66.9. The van der Waals surface area contributed by atoms with Crippen LogP contribution in [0.2, 0.25) is 0 Å². The number of nitrogens with zero attached hydrogens (tertiary/aromatic N) is 3. The largest absolute Gasteiger partial charge is 0.433 e. The molecular weight excluding hydrogens is 441 g/mol. The Morgan fingerprint density at radius 1 is 0.875 bits per heavy atom. The fourth-order valence-electron chi connectivity index (χ4n) is 3.42. The molecule has 6 nitrogen and oxygen atoms in total. The first-order chi connectivity index (χ1) is 15.1. The van der Waals surface area contributed by atoms with Crippen molar-refractivity contribution in [2.24, 2.45) is 5.14 Å². The van der Waals surface area contributed by atoms with E-state index in [1.165, 1.54) is 48.8 Å². The number of hydrogen-bond donors (Lipinski definition) is 1. The van der Waals surface area contributed by atoms with E-state index in [4.69, 9.17) is 5.14 Å². The SMILES string of the molecule is NS(=O)(=O)c1ccc(-c2nn(Cc3ccccc3)c(C(F)(F)F)c2-c2ccncc2)cc1. The van der Waals surface area contributed by atoms with Gasteiger partial charge in [-0.2, -0.15) is 18.3 Å². The Hall–Kier alpha value is -3.50. The molecule has 32 heavy (non-hydrogen) atoms. The molecule has 2 N–H and O–H groups in total. The molecule has 0 unspecified atom stereocenters. The maximum absolute atomic E-state index is 14.3. The summed E-state index contributed by atoms with van der Waals surface area (Å²) in [6.07, 6.45) is -1.89. The highest BCUT2D eigenvalue weighted by Crippen LogP contribution is 2.42. The molecule has 0 atom stereocenters. The predicted octanol–water partition coefficient (Wildman–Crippen LogP) is 4.33. The first-order valence-electron chi connectivity index (χ1n) is 9.40. The van der Waals surface area contributed by atoms with Crippen molar-refractivity contribution < 1.29 is 21.6 Å². The Morgan fingerprint density at radius 2 is 1.50 bits per heavy atom. The van der Waals surface area contributed by atoms with Crippen LogP contribution in [-0.2, 0) is 22.7 Å². The summed E-state index contributed by atoms with van der Waals surface area (Å²) in [7, 11) is -3.94. The highest BCUT2D eigenvalue weighted by atomic mass is 32.2. The number of nitrogens with two attached hydrogens (primary N) is 1. The summed E-state index contributed by atoms with van der Waals surface area (Å²) in [5.74, 6) is 0. The van der Waals surface area contributed by atoms with Gasteiger partial charge in [-0.25, -0.2) is 13.6 Å². The molecule has 2 aromatic carbocycles. The van der Waals surface area contributed by atoms with Gasteiger partial charge in [0.25, 0.3) is 0 Å². The topological polar surface area (TPSA) is 90.9 Å². The van der Waals surface area contributed by atoms with E-state index >= 15 is 0 Å². The van der Waals surface area contributed by atoms with Gasteiger partial charge in [0.1, 0.15) is 5.69 Å². The van der Waals surface area contributed by atoms with Crippen molar-refractivity contribution in [3.63, 3.8) is 0 Å². The Balaban J connectivity index is 1.96.